The summed E-state index contributed by atoms with van der Waals surface area (Å²) in [6, 6.07) is 25.7. The predicted octanol–water partition coefficient (Wildman–Crippen LogP) is 4.87. The number of aryl methyl sites for hydroxylation is 1. The Labute approximate surface area is 141 Å². The fraction of sp³-hybridized carbons (Fsp3) is 0.143. The van der Waals surface area contributed by atoms with Crippen molar-refractivity contribution >= 4 is 0 Å². The zero-order valence-electron chi connectivity index (χ0n) is 13.5. The van der Waals surface area contributed by atoms with Crippen LogP contribution in [-0.4, -0.2) is 10.3 Å². The Kier molecular flexibility index (Phi) is 3.81. The van der Waals surface area contributed by atoms with E-state index in [1.165, 1.54) is 10.6 Å². The molecule has 0 fully saturated rings. The molecule has 120 valence electrons. The number of ether oxygens (including phenoxy) is 1. The third-order valence-electron chi connectivity index (χ3n) is 4.43. The van der Waals surface area contributed by atoms with Gasteiger partial charge in [0.15, 0.2) is 0 Å². The first-order valence-electron chi connectivity index (χ1n) is 8.08. The molecule has 2 atom stereocenters. The van der Waals surface area contributed by atoms with Gasteiger partial charge in [0.1, 0.15) is 5.75 Å². The molecule has 0 bridgehead atoms. The molecule has 1 aliphatic heterocycles. The lowest BCUT2D eigenvalue weighted by molar-refractivity contribution is -0.220. The van der Waals surface area contributed by atoms with Crippen molar-refractivity contribution in [2.45, 2.75) is 19.2 Å². The second-order valence-electron chi connectivity index (χ2n) is 6.11. The van der Waals surface area contributed by atoms with E-state index in [2.05, 4.69) is 31.2 Å². The number of hydrogen-bond donors (Lipinski definition) is 1. The number of para-hydroxylation sites is 1. The molecule has 0 saturated carbocycles. The van der Waals surface area contributed by atoms with Crippen molar-refractivity contribution in [3.63, 3.8) is 0 Å². The van der Waals surface area contributed by atoms with Crippen LogP contribution in [0.25, 0.3) is 0 Å². The summed E-state index contributed by atoms with van der Waals surface area (Å²) in [5, 5.41) is 12.3. The van der Waals surface area contributed by atoms with Gasteiger partial charge in [-0.1, -0.05) is 78.4 Å². The van der Waals surface area contributed by atoms with Crippen LogP contribution >= 0.6 is 0 Å². The van der Waals surface area contributed by atoms with E-state index in [4.69, 9.17) is 4.74 Å². The number of rotatable bonds is 2. The van der Waals surface area contributed by atoms with E-state index in [9.17, 15) is 5.21 Å². The monoisotopic (exact) mass is 317 g/mol. The maximum Gasteiger partial charge on any atom is 0.201 e. The Hall–Kier alpha value is -2.62. The summed E-state index contributed by atoms with van der Waals surface area (Å²) in [5.74, 6) is 0.808. The summed E-state index contributed by atoms with van der Waals surface area (Å²) >= 11 is 0. The average Bonchev–Trinajstić information content (AvgIpc) is 2.63. The summed E-state index contributed by atoms with van der Waals surface area (Å²) in [6.45, 7) is 2.06. The second kappa shape index (κ2) is 6.11. The summed E-state index contributed by atoms with van der Waals surface area (Å²) in [6.07, 6.45) is -0.535. The van der Waals surface area contributed by atoms with E-state index in [0.29, 0.717) is 0 Å². The van der Waals surface area contributed by atoms with Crippen LogP contribution in [0.15, 0.2) is 78.9 Å². The topological polar surface area (TPSA) is 32.7 Å². The summed E-state index contributed by atoms with van der Waals surface area (Å²) < 4.78 is 6.08. The number of fused-ring (bicyclic) bond motifs is 1. The van der Waals surface area contributed by atoms with Gasteiger partial charge in [0, 0.05) is 11.1 Å². The highest BCUT2D eigenvalue weighted by atomic mass is 16.6. The first kappa shape index (κ1) is 14.9. The molecule has 0 saturated heterocycles. The molecule has 1 aliphatic rings. The molecule has 0 spiro atoms. The molecule has 0 radical (unpaired) electrons. The van der Waals surface area contributed by atoms with Gasteiger partial charge in [0.05, 0.1) is 6.04 Å². The SMILES string of the molecule is Cc1ccc(C2c3ccccc3OC(c3ccccc3)N2O)cc1. The smallest absolute Gasteiger partial charge is 0.201 e. The van der Waals surface area contributed by atoms with E-state index >= 15 is 0 Å². The van der Waals surface area contributed by atoms with E-state index in [1.807, 2.05) is 54.6 Å². The molecule has 0 amide bonds. The minimum Gasteiger partial charge on any atom is -0.468 e. The first-order valence-corrected chi connectivity index (χ1v) is 8.08. The van der Waals surface area contributed by atoms with Gasteiger partial charge >= 0.3 is 0 Å². The summed E-state index contributed by atoms with van der Waals surface area (Å²) in [5.41, 5.74) is 4.13. The molecule has 4 rings (SSSR count). The van der Waals surface area contributed by atoms with E-state index in [0.717, 1.165) is 22.4 Å². The third kappa shape index (κ3) is 2.58. The Morgan fingerprint density at radius 2 is 1.46 bits per heavy atom. The minimum absolute atomic E-state index is 0.263. The molecular formula is C21H19NO2. The normalized spacial score (nSPS) is 20.2. The molecule has 3 heteroatoms. The van der Waals surface area contributed by atoms with Gasteiger partial charge in [-0.25, -0.2) is 0 Å². The van der Waals surface area contributed by atoms with Crippen molar-refractivity contribution in [1.82, 2.24) is 5.06 Å². The van der Waals surface area contributed by atoms with Crippen LogP contribution in [-0.2, 0) is 0 Å². The quantitative estimate of drug-likeness (QED) is 0.732. The van der Waals surface area contributed by atoms with E-state index in [-0.39, 0.29) is 6.04 Å². The standard InChI is InChI=1S/C21H19NO2/c1-15-11-13-16(14-12-15)20-18-9-5-6-10-19(18)24-21(22(20)23)17-7-3-2-4-8-17/h2-14,20-21,23H,1H3. The van der Waals surface area contributed by atoms with E-state index in [1.54, 1.807) is 0 Å². The maximum absolute atomic E-state index is 11.0. The molecular weight excluding hydrogens is 298 g/mol. The fourth-order valence-electron chi connectivity index (χ4n) is 3.19. The second-order valence-corrected chi connectivity index (χ2v) is 6.11. The van der Waals surface area contributed by atoms with Crippen molar-refractivity contribution < 1.29 is 9.94 Å². The number of hydroxylamine groups is 2. The van der Waals surface area contributed by atoms with E-state index < -0.39 is 6.23 Å². The largest absolute Gasteiger partial charge is 0.468 e. The highest BCUT2D eigenvalue weighted by Gasteiger charge is 2.36. The van der Waals surface area contributed by atoms with Crippen LogP contribution in [0.2, 0.25) is 0 Å². The van der Waals surface area contributed by atoms with Crippen molar-refractivity contribution in [1.29, 1.82) is 0 Å². The Bertz CT molecular complexity index is 830. The van der Waals surface area contributed by atoms with Crippen molar-refractivity contribution in [2.75, 3.05) is 0 Å². The van der Waals surface area contributed by atoms with Crippen LogP contribution < -0.4 is 4.74 Å². The third-order valence-corrected chi connectivity index (χ3v) is 4.43. The summed E-state index contributed by atoms with van der Waals surface area (Å²) in [4.78, 5) is 0. The van der Waals surface area contributed by atoms with Crippen molar-refractivity contribution in [3.8, 4) is 5.75 Å². The maximum atomic E-state index is 11.0. The van der Waals surface area contributed by atoms with Crippen LogP contribution in [0.5, 0.6) is 5.75 Å². The minimum atomic E-state index is -0.535. The van der Waals surface area contributed by atoms with Crippen molar-refractivity contribution in [2.24, 2.45) is 0 Å². The zero-order valence-corrected chi connectivity index (χ0v) is 13.5. The number of benzene rings is 3. The number of hydrogen-bond acceptors (Lipinski definition) is 3. The van der Waals surface area contributed by atoms with Gasteiger partial charge in [-0.15, -0.1) is 5.06 Å². The van der Waals surface area contributed by atoms with Crippen LogP contribution in [0.4, 0.5) is 0 Å². The number of nitrogens with zero attached hydrogens (tertiary/aromatic N) is 1. The highest BCUT2D eigenvalue weighted by molar-refractivity contribution is 5.44. The molecule has 1 N–H and O–H groups in total. The summed E-state index contributed by atoms with van der Waals surface area (Å²) in [7, 11) is 0. The molecule has 24 heavy (non-hydrogen) atoms. The zero-order chi connectivity index (χ0) is 16.5. The van der Waals surface area contributed by atoms with Gasteiger partial charge in [0.25, 0.3) is 0 Å². The van der Waals surface area contributed by atoms with Gasteiger partial charge in [0.2, 0.25) is 6.23 Å². The molecule has 3 aromatic rings. The van der Waals surface area contributed by atoms with Crippen LogP contribution in [0.1, 0.15) is 34.5 Å². The van der Waals surface area contributed by atoms with Gasteiger partial charge < -0.3 is 9.94 Å². The van der Waals surface area contributed by atoms with Gasteiger partial charge in [-0.05, 0) is 18.6 Å². The first-order chi connectivity index (χ1) is 11.7. The molecule has 0 aromatic heterocycles. The molecule has 1 heterocycles. The molecule has 3 nitrogen and oxygen atoms in total. The lowest BCUT2D eigenvalue weighted by Gasteiger charge is -2.39. The predicted molar refractivity (Wildman–Crippen MR) is 92.9 cm³/mol. The fourth-order valence-corrected chi connectivity index (χ4v) is 3.19. The average molecular weight is 317 g/mol. The lowest BCUT2D eigenvalue weighted by Crippen LogP contribution is -2.37. The Morgan fingerprint density at radius 1 is 0.792 bits per heavy atom. The van der Waals surface area contributed by atoms with Gasteiger partial charge in [-0.3, -0.25) is 0 Å². The van der Waals surface area contributed by atoms with Gasteiger partial charge in [-0.2, -0.15) is 0 Å². The van der Waals surface area contributed by atoms with Crippen molar-refractivity contribution in [3.05, 3.63) is 101 Å². The molecule has 0 aliphatic carbocycles. The Morgan fingerprint density at radius 3 is 2.21 bits per heavy atom. The lowest BCUT2D eigenvalue weighted by atomic mass is 9.94. The molecule has 2 unspecified atom stereocenters. The Balaban J connectivity index is 1.82. The van der Waals surface area contributed by atoms with Crippen LogP contribution in [0, 0.1) is 6.92 Å². The molecule has 3 aromatic carbocycles. The highest BCUT2D eigenvalue weighted by Crippen LogP contribution is 2.44. The van der Waals surface area contributed by atoms with Crippen LogP contribution in [0.3, 0.4) is 0 Å².